The van der Waals surface area contributed by atoms with Gasteiger partial charge in [0.15, 0.2) is 0 Å². The number of hydrogen-bond donors (Lipinski definition) is 2. The number of nitrogens with zero attached hydrogens (tertiary/aromatic N) is 2. The molecule has 0 unspecified atom stereocenters. The number of carbonyl (C=O) groups is 1. The Morgan fingerprint density at radius 2 is 2.11 bits per heavy atom. The van der Waals surface area contributed by atoms with E-state index in [4.69, 9.17) is 11.6 Å². The van der Waals surface area contributed by atoms with Gasteiger partial charge in [-0.3, -0.25) is 9.78 Å². The molecule has 0 radical (unpaired) electrons. The van der Waals surface area contributed by atoms with Crippen LogP contribution >= 0.6 is 11.6 Å². The number of aromatic hydroxyl groups is 1. The first kappa shape index (κ1) is 21.3. The van der Waals surface area contributed by atoms with Crippen molar-refractivity contribution in [1.29, 1.82) is 0 Å². The number of hydrogen-bond acceptors (Lipinski definition) is 4. The van der Waals surface area contributed by atoms with Gasteiger partial charge in [-0.25, -0.2) is 0 Å². The monoisotopic (exact) mass is 411 g/mol. The van der Waals surface area contributed by atoms with Gasteiger partial charge in [0.2, 0.25) is 0 Å². The molecule has 2 N–H and O–H groups in total. The van der Waals surface area contributed by atoms with Crippen LogP contribution in [0.1, 0.15) is 21.5 Å². The van der Waals surface area contributed by atoms with Crippen LogP contribution in [0.5, 0.6) is 5.75 Å². The molecule has 1 heterocycles. The molecule has 9 heteroatoms. The predicted octanol–water partition coefficient (Wildman–Crippen LogP) is 4.35. The fourth-order valence-corrected chi connectivity index (χ4v) is 2.52. The van der Waals surface area contributed by atoms with Gasteiger partial charge in [0.05, 0.1) is 16.1 Å². The number of amides is 1. The second-order valence-electron chi connectivity index (χ2n) is 5.90. The summed E-state index contributed by atoms with van der Waals surface area (Å²) in [7, 11) is 1.57. The van der Waals surface area contributed by atoms with Gasteiger partial charge in [-0.15, -0.1) is 0 Å². The van der Waals surface area contributed by atoms with E-state index < -0.39 is 23.4 Å². The van der Waals surface area contributed by atoms with Gasteiger partial charge in [-0.1, -0.05) is 24.2 Å². The van der Waals surface area contributed by atoms with Gasteiger partial charge < -0.3 is 15.3 Å². The molecule has 0 bridgehead atoms. The van der Waals surface area contributed by atoms with Gasteiger partial charge in [-0.05, 0) is 29.8 Å². The van der Waals surface area contributed by atoms with Crippen LogP contribution in [0.15, 0.2) is 61.2 Å². The van der Waals surface area contributed by atoms with E-state index in [0.717, 1.165) is 0 Å². The van der Waals surface area contributed by atoms with Crippen molar-refractivity contribution in [3.63, 3.8) is 0 Å². The molecule has 0 saturated carbocycles. The second-order valence-corrected chi connectivity index (χ2v) is 6.31. The van der Waals surface area contributed by atoms with Crippen molar-refractivity contribution >= 4 is 17.5 Å². The number of halogens is 4. The predicted molar refractivity (Wildman–Crippen MR) is 99.6 cm³/mol. The quantitative estimate of drug-likeness (QED) is 0.694. The fraction of sp³-hybridized carbons (Fsp3) is 0.158. The number of nitrogens with one attached hydrogen (secondary N) is 1. The van der Waals surface area contributed by atoms with E-state index in [0.29, 0.717) is 6.07 Å². The average Bonchev–Trinajstić information content (AvgIpc) is 2.61. The maximum Gasteiger partial charge on any atom is 0.416 e. The number of benzene rings is 1. The summed E-state index contributed by atoms with van der Waals surface area (Å²) >= 11 is 5.89. The Balaban J connectivity index is 2.02. The van der Waals surface area contributed by atoms with Gasteiger partial charge in [0.25, 0.3) is 5.91 Å². The SMILES string of the molecule is C=C(/C=C\N(C)Cc1ccc(O)cc1C(F)(F)F)NC(=O)c1ccncc1Cl. The summed E-state index contributed by atoms with van der Waals surface area (Å²) in [6.45, 7) is 3.61. The number of phenolic OH excluding ortho intramolecular Hbond substituents is 1. The van der Waals surface area contributed by atoms with Crippen molar-refractivity contribution in [3.05, 3.63) is 82.9 Å². The molecule has 148 valence electrons. The highest BCUT2D eigenvalue weighted by molar-refractivity contribution is 6.33. The van der Waals surface area contributed by atoms with E-state index in [1.165, 1.54) is 47.8 Å². The molecule has 0 spiro atoms. The molecule has 0 saturated heterocycles. The van der Waals surface area contributed by atoms with Crippen LogP contribution in [-0.4, -0.2) is 27.9 Å². The second kappa shape index (κ2) is 8.79. The Morgan fingerprint density at radius 1 is 1.39 bits per heavy atom. The fourth-order valence-electron chi connectivity index (χ4n) is 2.32. The molecular weight excluding hydrogens is 395 g/mol. The number of carbonyl (C=O) groups excluding carboxylic acids is 1. The number of rotatable bonds is 6. The molecule has 0 fully saturated rings. The molecule has 2 rings (SSSR count). The number of pyridine rings is 1. The third kappa shape index (κ3) is 5.75. The third-order valence-electron chi connectivity index (χ3n) is 3.64. The summed E-state index contributed by atoms with van der Waals surface area (Å²) < 4.78 is 39.3. The molecule has 5 nitrogen and oxygen atoms in total. The summed E-state index contributed by atoms with van der Waals surface area (Å²) in [5, 5.41) is 12.0. The third-order valence-corrected chi connectivity index (χ3v) is 3.94. The molecule has 0 atom stereocenters. The van der Waals surface area contributed by atoms with E-state index in [1.54, 1.807) is 7.05 Å². The highest BCUT2D eigenvalue weighted by Crippen LogP contribution is 2.34. The maximum absolute atomic E-state index is 13.1. The van der Waals surface area contributed by atoms with Crippen LogP contribution in [0.2, 0.25) is 5.02 Å². The van der Waals surface area contributed by atoms with Crippen LogP contribution in [0, 0.1) is 0 Å². The largest absolute Gasteiger partial charge is 0.508 e. The van der Waals surface area contributed by atoms with Crippen LogP contribution < -0.4 is 5.32 Å². The first-order valence-corrected chi connectivity index (χ1v) is 8.33. The Labute approximate surface area is 164 Å². The van der Waals surface area contributed by atoms with Crippen molar-refractivity contribution in [2.75, 3.05) is 7.05 Å². The highest BCUT2D eigenvalue weighted by Gasteiger charge is 2.33. The normalized spacial score (nSPS) is 11.5. The molecule has 1 aromatic heterocycles. The number of phenols is 1. The lowest BCUT2D eigenvalue weighted by molar-refractivity contribution is -0.138. The molecule has 0 aliphatic rings. The van der Waals surface area contributed by atoms with E-state index in [9.17, 15) is 23.1 Å². The Bertz CT molecular complexity index is 914. The van der Waals surface area contributed by atoms with Crippen molar-refractivity contribution in [1.82, 2.24) is 15.2 Å². The van der Waals surface area contributed by atoms with E-state index in [1.807, 2.05) is 0 Å². The molecular formula is C19H17ClF3N3O2. The van der Waals surface area contributed by atoms with Crippen molar-refractivity contribution in [2.45, 2.75) is 12.7 Å². The smallest absolute Gasteiger partial charge is 0.416 e. The molecule has 2 aromatic rings. The Hall–Kier alpha value is -3.00. The zero-order valence-corrected chi connectivity index (χ0v) is 15.6. The van der Waals surface area contributed by atoms with E-state index in [-0.39, 0.29) is 28.4 Å². The lowest BCUT2D eigenvalue weighted by Crippen LogP contribution is -2.22. The summed E-state index contributed by atoms with van der Waals surface area (Å²) in [5.41, 5.74) is -0.465. The van der Waals surface area contributed by atoms with E-state index >= 15 is 0 Å². The van der Waals surface area contributed by atoms with Gasteiger partial charge in [0, 0.05) is 37.9 Å². The summed E-state index contributed by atoms with van der Waals surface area (Å²) in [5.74, 6) is -0.942. The van der Waals surface area contributed by atoms with Crippen LogP contribution in [0.4, 0.5) is 13.2 Å². The summed E-state index contributed by atoms with van der Waals surface area (Å²) in [6, 6.07) is 4.54. The van der Waals surface area contributed by atoms with Crippen molar-refractivity contribution < 1.29 is 23.1 Å². The number of allylic oxidation sites excluding steroid dienone is 1. The molecule has 0 aliphatic carbocycles. The van der Waals surface area contributed by atoms with Gasteiger partial charge in [-0.2, -0.15) is 13.2 Å². The molecule has 0 aliphatic heterocycles. The summed E-state index contributed by atoms with van der Waals surface area (Å²) in [6.07, 6.45) is 1.09. The van der Waals surface area contributed by atoms with Crippen molar-refractivity contribution in [2.24, 2.45) is 0 Å². The molecule has 1 aromatic carbocycles. The Morgan fingerprint density at radius 3 is 2.75 bits per heavy atom. The minimum absolute atomic E-state index is 0.00401. The van der Waals surface area contributed by atoms with Crippen LogP contribution in [0.25, 0.3) is 0 Å². The minimum atomic E-state index is -4.58. The molecule has 28 heavy (non-hydrogen) atoms. The lowest BCUT2D eigenvalue weighted by atomic mass is 10.1. The standard InChI is InChI=1S/C19H17ClF3N3O2/c1-12(25-18(28)15-5-7-24-10-17(15)20)6-8-26(2)11-13-3-4-14(27)9-16(13)19(21,22)23/h3-10,27H,1,11H2,2H3,(H,25,28)/b8-6-. The summed E-state index contributed by atoms with van der Waals surface area (Å²) in [4.78, 5) is 17.4. The van der Waals surface area contributed by atoms with Crippen LogP contribution in [-0.2, 0) is 12.7 Å². The topological polar surface area (TPSA) is 65.5 Å². The highest BCUT2D eigenvalue weighted by atomic mass is 35.5. The zero-order chi connectivity index (χ0) is 20.9. The Kier molecular flexibility index (Phi) is 6.69. The van der Waals surface area contributed by atoms with Gasteiger partial charge in [0.1, 0.15) is 5.75 Å². The average molecular weight is 412 g/mol. The molecule has 1 amide bonds. The number of aromatic nitrogens is 1. The first-order valence-electron chi connectivity index (χ1n) is 7.95. The van der Waals surface area contributed by atoms with E-state index in [2.05, 4.69) is 16.9 Å². The van der Waals surface area contributed by atoms with Crippen molar-refractivity contribution in [3.8, 4) is 5.75 Å². The maximum atomic E-state index is 13.1. The number of alkyl halides is 3. The minimum Gasteiger partial charge on any atom is -0.508 e. The zero-order valence-electron chi connectivity index (χ0n) is 14.8. The van der Waals surface area contributed by atoms with Crippen LogP contribution in [0.3, 0.4) is 0 Å². The van der Waals surface area contributed by atoms with Gasteiger partial charge >= 0.3 is 6.18 Å². The lowest BCUT2D eigenvalue weighted by Gasteiger charge is -2.19. The first-order chi connectivity index (χ1) is 13.1.